The van der Waals surface area contributed by atoms with E-state index in [0.717, 1.165) is 48.3 Å². The Morgan fingerprint density at radius 3 is 2.67 bits per heavy atom. The quantitative estimate of drug-likeness (QED) is 0.674. The number of hydrogen-bond donors (Lipinski definition) is 0. The summed E-state index contributed by atoms with van der Waals surface area (Å²) >= 11 is 1.15. The number of sulfonamides is 1. The third-order valence-corrected chi connectivity index (χ3v) is 9.90. The second-order valence-electron chi connectivity index (χ2n) is 8.19. The molecule has 0 bridgehead atoms. The summed E-state index contributed by atoms with van der Waals surface area (Å²) < 4.78 is 28.8. The molecule has 0 radical (unpaired) electrons. The second-order valence-corrected chi connectivity index (χ2v) is 11.5. The van der Waals surface area contributed by atoms with Crippen LogP contribution < -0.4 is 0 Å². The predicted octanol–water partition coefficient (Wildman–Crippen LogP) is 3.28. The fourth-order valence-electron chi connectivity index (χ4n) is 4.99. The van der Waals surface area contributed by atoms with Crippen molar-refractivity contribution in [2.24, 2.45) is 5.92 Å². The van der Waals surface area contributed by atoms with E-state index in [1.807, 2.05) is 0 Å². The Labute approximate surface area is 179 Å². The van der Waals surface area contributed by atoms with Crippen LogP contribution in [0.1, 0.15) is 64.2 Å². The predicted molar refractivity (Wildman–Crippen MR) is 112 cm³/mol. The Balaban J connectivity index is 1.37. The first-order valence-electron chi connectivity index (χ1n) is 10.4. The van der Waals surface area contributed by atoms with E-state index in [1.165, 1.54) is 12.6 Å². The fourth-order valence-corrected chi connectivity index (χ4v) is 8.22. The average molecular weight is 446 g/mol. The normalized spacial score (nSPS) is 24.7. The van der Waals surface area contributed by atoms with Crippen molar-refractivity contribution >= 4 is 33.2 Å². The lowest BCUT2D eigenvalue weighted by molar-refractivity contribution is 0.0642. The van der Waals surface area contributed by atoms with Crippen molar-refractivity contribution < 1.29 is 18.0 Å². The minimum Gasteiger partial charge on any atom is -0.268 e. The second kappa shape index (κ2) is 7.55. The average Bonchev–Trinajstić information content (AvgIpc) is 3.34. The number of fused-ring (bicyclic) bond motifs is 2. The van der Waals surface area contributed by atoms with Crippen molar-refractivity contribution in [2.45, 2.75) is 55.3 Å². The van der Waals surface area contributed by atoms with Gasteiger partial charge in [0, 0.05) is 23.7 Å². The first kappa shape index (κ1) is 19.8. The van der Waals surface area contributed by atoms with Gasteiger partial charge in [0.15, 0.2) is 0 Å². The lowest BCUT2D eigenvalue weighted by Gasteiger charge is -2.42. The number of rotatable bonds is 4. The SMILES string of the molecule is O=C1c2cccnc2C(=O)N1Cc1ccc(S(=O)(=O)N2CCCC3CCCCC32)s1. The first-order chi connectivity index (χ1) is 14.5. The van der Waals surface area contributed by atoms with Crippen LogP contribution in [0.15, 0.2) is 34.7 Å². The lowest BCUT2D eigenvalue weighted by Crippen LogP contribution is -2.49. The van der Waals surface area contributed by atoms with E-state index in [2.05, 4.69) is 4.98 Å². The number of nitrogens with zero attached hydrogens (tertiary/aromatic N) is 3. The summed E-state index contributed by atoms with van der Waals surface area (Å²) in [5, 5.41) is 0. The van der Waals surface area contributed by atoms with Crippen LogP contribution in [0, 0.1) is 5.92 Å². The van der Waals surface area contributed by atoms with E-state index < -0.39 is 15.9 Å². The Morgan fingerprint density at radius 2 is 1.83 bits per heavy atom. The molecule has 5 rings (SSSR count). The molecule has 0 N–H and O–H groups in total. The lowest BCUT2D eigenvalue weighted by atomic mass is 9.79. The minimum absolute atomic E-state index is 0.0558. The number of hydrogen-bond acceptors (Lipinski definition) is 6. The molecule has 4 heterocycles. The molecular formula is C21H23N3O4S2. The number of imide groups is 1. The van der Waals surface area contributed by atoms with Crippen molar-refractivity contribution in [1.82, 2.24) is 14.2 Å². The Hall–Kier alpha value is -2.10. The third-order valence-electron chi connectivity index (χ3n) is 6.44. The molecule has 0 aromatic carbocycles. The van der Waals surface area contributed by atoms with Gasteiger partial charge in [0.1, 0.15) is 9.90 Å². The Morgan fingerprint density at radius 1 is 1.03 bits per heavy atom. The molecule has 2 aromatic rings. The zero-order valence-electron chi connectivity index (χ0n) is 16.5. The van der Waals surface area contributed by atoms with Gasteiger partial charge in [-0.15, -0.1) is 11.3 Å². The number of carbonyl (C=O) groups excluding carboxylic acids is 2. The van der Waals surface area contributed by atoms with Gasteiger partial charge in [-0.3, -0.25) is 19.5 Å². The maximum absolute atomic E-state index is 13.4. The summed E-state index contributed by atoms with van der Waals surface area (Å²) in [5.74, 6) is -0.357. The van der Waals surface area contributed by atoms with E-state index in [9.17, 15) is 18.0 Å². The summed E-state index contributed by atoms with van der Waals surface area (Å²) in [7, 11) is -3.57. The molecule has 3 aliphatic rings. The largest absolute Gasteiger partial charge is 0.280 e. The molecule has 158 valence electrons. The maximum atomic E-state index is 13.4. The Bertz CT molecular complexity index is 1070. The molecule has 9 heteroatoms. The third kappa shape index (κ3) is 3.19. The van der Waals surface area contributed by atoms with E-state index >= 15 is 0 Å². The van der Waals surface area contributed by atoms with Crippen LogP contribution in [-0.4, -0.2) is 47.0 Å². The number of amides is 2. The van der Waals surface area contributed by atoms with Crippen LogP contribution in [0.5, 0.6) is 0 Å². The molecule has 0 spiro atoms. The highest BCUT2D eigenvalue weighted by Crippen LogP contribution is 2.39. The molecule has 30 heavy (non-hydrogen) atoms. The van der Waals surface area contributed by atoms with E-state index in [4.69, 9.17) is 0 Å². The van der Waals surface area contributed by atoms with Gasteiger partial charge in [-0.05, 0) is 55.9 Å². The fraction of sp³-hybridized carbons (Fsp3) is 0.476. The van der Waals surface area contributed by atoms with Crippen molar-refractivity contribution in [2.75, 3.05) is 6.54 Å². The number of pyridine rings is 1. The molecule has 2 amide bonds. The zero-order chi connectivity index (χ0) is 20.9. The van der Waals surface area contributed by atoms with Gasteiger partial charge in [0.25, 0.3) is 21.8 Å². The summed E-state index contributed by atoms with van der Waals surface area (Å²) in [4.78, 5) is 30.9. The molecule has 1 aliphatic carbocycles. The highest BCUT2D eigenvalue weighted by atomic mass is 32.2. The van der Waals surface area contributed by atoms with Crippen LogP contribution in [0.25, 0.3) is 0 Å². The molecule has 2 atom stereocenters. The van der Waals surface area contributed by atoms with E-state index in [1.54, 1.807) is 28.6 Å². The molecule has 2 fully saturated rings. The highest BCUT2D eigenvalue weighted by Gasteiger charge is 2.41. The van der Waals surface area contributed by atoms with Gasteiger partial charge in [-0.25, -0.2) is 8.42 Å². The summed E-state index contributed by atoms with van der Waals surface area (Å²) in [6, 6.07) is 6.63. The molecule has 1 saturated heterocycles. The highest BCUT2D eigenvalue weighted by molar-refractivity contribution is 7.91. The molecule has 2 unspecified atom stereocenters. The maximum Gasteiger partial charge on any atom is 0.280 e. The van der Waals surface area contributed by atoms with Crippen LogP contribution in [0.3, 0.4) is 0 Å². The minimum atomic E-state index is -3.57. The van der Waals surface area contributed by atoms with Crippen molar-refractivity contribution in [3.8, 4) is 0 Å². The van der Waals surface area contributed by atoms with Crippen molar-refractivity contribution in [3.63, 3.8) is 0 Å². The molecule has 2 aliphatic heterocycles. The zero-order valence-corrected chi connectivity index (χ0v) is 18.1. The van der Waals surface area contributed by atoms with Gasteiger partial charge < -0.3 is 0 Å². The Kier molecular flexibility index (Phi) is 4.99. The van der Waals surface area contributed by atoms with Crippen LogP contribution in [0.2, 0.25) is 0 Å². The molecule has 1 saturated carbocycles. The van der Waals surface area contributed by atoms with Gasteiger partial charge in [0.2, 0.25) is 0 Å². The van der Waals surface area contributed by atoms with Gasteiger partial charge in [-0.1, -0.05) is 12.8 Å². The number of aromatic nitrogens is 1. The summed E-state index contributed by atoms with van der Waals surface area (Å²) in [5.41, 5.74) is 0.451. The summed E-state index contributed by atoms with van der Waals surface area (Å²) in [6.07, 6.45) is 7.82. The smallest absolute Gasteiger partial charge is 0.268 e. The van der Waals surface area contributed by atoms with Gasteiger partial charge >= 0.3 is 0 Å². The van der Waals surface area contributed by atoms with E-state index in [0.29, 0.717) is 27.1 Å². The molecular weight excluding hydrogens is 422 g/mol. The molecule has 2 aromatic heterocycles. The van der Waals surface area contributed by atoms with Crippen LogP contribution in [0.4, 0.5) is 0 Å². The number of piperidine rings is 1. The van der Waals surface area contributed by atoms with Crippen molar-refractivity contribution in [3.05, 3.63) is 46.6 Å². The summed E-state index contributed by atoms with van der Waals surface area (Å²) in [6.45, 7) is 0.626. The number of thiophene rings is 1. The van der Waals surface area contributed by atoms with Gasteiger partial charge in [0.05, 0.1) is 12.1 Å². The monoisotopic (exact) mass is 445 g/mol. The number of carbonyl (C=O) groups is 2. The standard InChI is InChI=1S/C21H23N3O4S2/c25-20-16-7-3-11-22-19(16)21(26)23(20)13-15-9-10-18(29-15)30(27,28)24-12-4-6-14-5-1-2-8-17(14)24/h3,7,9-11,14,17H,1-2,4-6,8,12-13H2. The first-order valence-corrected chi connectivity index (χ1v) is 12.6. The van der Waals surface area contributed by atoms with E-state index in [-0.39, 0.29) is 24.2 Å². The molecule has 7 nitrogen and oxygen atoms in total. The topological polar surface area (TPSA) is 87.6 Å². The van der Waals surface area contributed by atoms with Gasteiger partial charge in [-0.2, -0.15) is 4.31 Å². The van der Waals surface area contributed by atoms with Crippen molar-refractivity contribution in [1.29, 1.82) is 0 Å². The van der Waals surface area contributed by atoms with Crippen LogP contribution in [-0.2, 0) is 16.6 Å². The van der Waals surface area contributed by atoms with Crippen LogP contribution >= 0.6 is 11.3 Å².